The highest BCUT2D eigenvalue weighted by molar-refractivity contribution is 5.97. The van der Waals surface area contributed by atoms with E-state index in [1.807, 2.05) is 52.0 Å². The van der Waals surface area contributed by atoms with Gasteiger partial charge in [0.05, 0.1) is 11.1 Å². The van der Waals surface area contributed by atoms with Crippen molar-refractivity contribution >= 4 is 16.7 Å². The molecule has 2 rings (SSSR count). The Hall–Kier alpha value is -1.90. The summed E-state index contributed by atoms with van der Waals surface area (Å²) in [6, 6.07) is 9.33. The Balaban J connectivity index is 0.000000861. The fourth-order valence-electron chi connectivity index (χ4n) is 2.05. The average Bonchev–Trinajstić information content (AvgIpc) is 2.39. The Morgan fingerprint density at radius 1 is 1.16 bits per heavy atom. The molecule has 0 aliphatic carbocycles. The highest BCUT2D eigenvalue weighted by Gasteiger charge is 2.13. The number of pyridine rings is 1. The van der Waals surface area contributed by atoms with Crippen LogP contribution in [0.1, 0.15) is 51.0 Å². The van der Waals surface area contributed by atoms with Gasteiger partial charge in [-0.1, -0.05) is 32.0 Å². The van der Waals surface area contributed by atoms with Gasteiger partial charge in [0.25, 0.3) is 5.56 Å². The number of hydrogen-bond acceptors (Lipinski definition) is 2. The van der Waals surface area contributed by atoms with E-state index >= 15 is 0 Å². The lowest BCUT2D eigenvalue weighted by molar-refractivity contribution is 0.101. The molecule has 1 aromatic heterocycles. The first-order valence-corrected chi connectivity index (χ1v) is 6.67. The molecule has 2 aromatic rings. The summed E-state index contributed by atoms with van der Waals surface area (Å²) in [5.74, 6) is -0.185. The minimum absolute atomic E-state index is 0.0340. The smallest absolute Gasteiger partial charge is 0.262 e. The van der Waals surface area contributed by atoms with E-state index in [2.05, 4.69) is 0 Å². The topological polar surface area (TPSA) is 39.1 Å². The second-order valence-electron chi connectivity index (χ2n) is 4.44. The molecule has 0 saturated carbocycles. The largest absolute Gasteiger partial charge is 0.305 e. The van der Waals surface area contributed by atoms with Crippen LogP contribution in [-0.4, -0.2) is 10.4 Å². The molecule has 0 saturated heterocycles. The number of aromatic nitrogens is 1. The normalized spacial score (nSPS) is 10.2. The Morgan fingerprint density at radius 3 is 2.26 bits per heavy atom. The highest BCUT2D eigenvalue weighted by atomic mass is 16.1. The Labute approximate surface area is 113 Å². The van der Waals surface area contributed by atoms with E-state index in [0.717, 1.165) is 10.9 Å². The fraction of sp³-hybridized carbons (Fsp3) is 0.375. The molecule has 0 spiro atoms. The summed E-state index contributed by atoms with van der Waals surface area (Å²) in [6.45, 7) is 9.31. The van der Waals surface area contributed by atoms with Crippen LogP contribution in [0, 0.1) is 0 Å². The van der Waals surface area contributed by atoms with Crippen molar-refractivity contribution < 1.29 is 4.79 Å². The van der Waals surface area contributed by atoms with Gasteiger partial charge in [0.15, 0.2) is 5.78 Å². The van der Waals surface area contributed by atoms with Crippen LogP contribution < -0.4 is 5.56 Å². The number of carbonyl (C=O) groups is 1. The van der Waals surface area contributed by atoms with Crippen LogP contribution in [0.3, 0.4) is 0 Å². The first kappa shape index (κ1) is 15.2. The van der Waals surface area contributed by atoms with Crippen molar-refractivity contribution in [2.45, 2.75) is 40.7 Å². The third kappa shape index (κ3) is 2.92. The number of rotatable bonds is 2. The van der Waals surface area contributed by atoms with Gasteiger partial charge in [0.2, 0.25) is 0 Å². The van der Waals surface area contributed by atoms with E-state index in [4.69, 9.17) is 0 Å². The molecule has 0 fully saturated rings. The van der Waals surface area contributed by atoms with Crippen molar-refractivity contribution in [1.82, 2.24) is 4.57 Å². The van der Waals surface area contributed by atoms with Crippen LogP contribution in [0.5, 0.6) is 0 Å². The number of Topliss-reactive ketones (excluding diaryl/α,β-unsaturated/α-hetero) is 1. The molecular weight excluding hydrogens is 238 g/mol. The van der Waals surface area contributed by atoms with E-state index in [1.54, 1.807) is 10.6 Å². The van der Waals surface area contributed by atoms with Crippen molar-refractivity contribution in [3.8, 4) is 0 Å². The minimum atomic E-state index is -0.203. The van der Waals surface area contributed by atoms with Crippen LogP contribution in [0.25, 0.3) is 10.9 Å². The predicted octanol–water partition coefficient (Wildman–Crippen LogP) is 3.81. The Morgan fingerprint density at radius 2 is 1.74 bits per heavy atom. The van der Waals surface area contributed by atoms with E-state index < -0.39 is 0 Å². The molecule has 0 N–H and O–H groups in total. The molecule has 3 heteroatoms. The second kappa shape index (κ2) is 6.32. The van der Waals surface area contributed by atoms with Gasteiger partial charge in [0, 0.05) is 6.04 Å². The second-order valence-corrected chi connectivity index (χ2v) is 4.44. The number of para-hydroxylation sites is 1. The molecule has 0 bridgehead atoms. The maximum atomic E-state index is 12.2. The van der Waals surface area contributed by atoms with E-state index in [-0.39, 0.29) is 22.9 Å². The van der Waals surface area contributed by atoms with Gasteiger partial charge in [-0.25, -0.2) is 0 Å². The summed E-state index contributed by atoms with van der Waals surface area (Å²) in [5, 5.41) is 0.922. The number of nitrogens with zero attached hydrogens (tertiary/aromatic N) is 1. The molecule has 0 aliphatic rings. The summed E-state index contributed by atoms with van der Waals surface area (Å²) in [6.07, 6.45) is 0. The van der Waals surface area contributed by atoms with Crippen molar-refractivity contribution in [2.75, 3.05) is 0 Å². The van der Waals surface area contributed by atoms with Gasteiger partial charge < -0.3 is 4.57 Å². The maximum absolute atomic E-state index is 12.2. The summed E-state index contributed by atoms with van der Waals surface area (Å²) < 4.78 is 1.67. The van der Waals surface area contributed by atoms with Crippen LogP contribution in [0.15, 0.2) is 35.1 Å². The van der Waals surface area contributed by atoms with Gasteiger partial charge in [-0.3, -0.25) is 9.59 Å². The quantitative estimate of drug-likeness (QED) is 0.769. The predicted molar refractivity (Wildman–Crippen MR) is 79.9 cm³/mol. The van der Waals surface area contributed by atoms with Gasteiger partial charge in [-0.05, 0) is 38.3 Å². The highest BCUT2D eigenvalue weighted by Crippen LogP contribution is 2.17. The summed E-state index contributed by atoms with van der Waals surface area (Å²) in [4.78, 5) is 23.7. The molecule has 19 heavy (non-hydrogen) atoms. The van der Waals surface area contributed by atoms with Gasteiger partial charge >= 0.3 is 0 Å². The molecule has 0 radical (unpaired) electrons. The molecule has 0 atom stereocenters. The van der Waals surface area contributed by atoms with Crippen molar-refractivity contribution in [2.24, 2.45) is 0 Å². The SMILES string of the molecule is CC.CC(=O)c1cc2ccccc2n(C(C)C)c1=O. The minimum Gasteiger partial charge on any atom is -0.305 e. The number of benzene rings is 1. The van der Waals surface area contributed by atoms with E-state index in [1.165, 1.54) is 6.92 Å². The molecule has 1 heterocycles. The maximum Gasteiger partial charge on any atom is 0.262 e. The third-order valence-corrected chi connectivity index (χ3v) is 2.84. The zero-order chi connectivity index (χ0) is 14.6. The number of ketones is 1. The Kier molecular flexibility index (Phi) is 5.04. The summed E-state index contributed by atoms with van der Waals surface area (Å²) in [7, 11) is 0. The van der Waals surface area contributed by atoms with Crippen molar-refractivity contribution in [1.29, 1.82) is 0 Å². The molecule has 1 aromatic carbocycles. The molecule has 102 valence electrons. The van der Waals surface area contributed by atoms with Gasteiger partial charge in [-0.2, -0.15) is 0 Å². The fourth-order valence-corrected chi connectivity index (χ4v) is 2.05. The lowest BCUT2D eigenvalue weighted by Gasteiger charge is -2.15. The lowest BCUT2D eigenvalue weighted by Crippen LogP contribution is -2.27. The molecular formula is C16H21NO2. The van der Waals surface area contributed by atoms with Gasteiger partial charge in [-0.15, -0.1) is 0 Å². The van der Waals surface area contributed by atoms with Crippen LogP contribution >= 0.6 is 0 Å². The molecule has 0 aliphatic heterocycles. The average molecular weight is 259 g/mol. The first-order valence-electron chi connectivity index (χ1n) is 6.67. The lowest BCUT2D eigenvalue weighted by atomic mass is 10.1. The first-order chi connectivity index (χ1) is 9.02. The standard InChI is InChI=1S/C14H15NO2.C2H6/c1-9(2)15-13-7-5-4-6-11(13)8-12(10(3)16)14(15)17;1-2/h4-9H,1-3H3;1-2H3. The molecule has 3 nitrogen and oxygen atoms in total. The zero-order valence-electron chi connectivity index (χ0n) is 12.2. The molecule has 0 amide bonds. The molecule has 0 unspecified atom stereocenters. The zero-order valence-corrected chi connectivity index (χ0v) is 12.2. The third-order valence-electron chi connectivity index (χ3n) is 2.84. The van der Waals surface area contributed by atoms with E-state index in [9.17, 15) is 9.59 Å². The van der Waals surface area contributed by atoms with E-state index in [0.29, 0.717) is 0 Å². The van der Waals surface area contributed by atoms with Crippen LogP contribution in [0.2, 0.25) is 0 Å². The number of fused-ring (bicyclic) bond motifs is 1. The number of carbonyl (C=O) groups excluding carboxylic acids is 1. The van der Waals surface area contributed by atoms with Crippen LogP contribution in [0.4, 0.5) is 0 Å². The monoisotopic (exact) mass is 259 g/mol. The number of hydrogen-bond donors (Lipinski definition) is 0. The van der Waals surface area contributed by atoms with Gasteiger partial charge in [0.1, 0.15) is 0 Å². The summed E-state index contributed by atoms with van der Waals surface area (Å²) >= 11 is 0. The summed E-state index contributed by atoms with van der Waals surface area (Å²) in [5.41, 5.74) is 0.932. The Bertz CT molecular complexity index is 639. The van der Waals surface area contributed by atoms with Crippen molar-refractivity contribution in [3.63, 3.8) is 0 Å². The van der Waals surface area contributed by atoms with Crippen LogP contribution in [-0.2, 0) is 0 Å². The van der Waals surface area contributed by atoms with Crippen molar-refractivity contribution in [3.05, 3.63) is 46.2 Å².